The number of nitrogens with zero attached hydrogens (tertiary/aromatic N) is 1. The number of aromatic amines is 1. The van der Waals surface area contributed by atoms with Crippen molar-refractivity contribution in [1.29, 1.82) is 0 Å². The number of halogens is 3. The molecule has 0 spiro atoms. The van der Waals surface area contributed by atoms with E-state index in [2.05, 4.69) is 22.5 Å². The second-order valence-corrected chi connectivity index (χ2v) is 10.6. The van der Waals surface area contributed by atoms with Crippen molar-refractivity contribution < 1.29 is 9.13 Å². The number of nitrogens with one attached hydrogen (secondary N) is 1. The first-order valence-electron chi connectivity index (χ1n) is 6.07. The van der Waals surface area contributed by atoms with Crippen LogP contribution < -0.4 is 0 Å². The van der Waals surface area contributed by atoms with Gasteiger partial charge in [-0.1, -0.05) is 11.6 Å². The molecule has 0 bridgehead atoms. The van der Waals surface area contributed by atoms with E-state index < -0.39 is 10.0 Å². The lowest BCUT2D eigenvalue weighted by Crippen LogP contribution is -2.10. The highest BCUT2D eigenvalue weighted by Gasteiger charge is 2.16. The third-order valence-electron chi connectivity index (χ3n) is 3.01. The number of H-pyrrole nitrogens is 1. The van der Waals surface area contributed by atoms with Gasteiger partial charge in [0.2, 0.25) is 0 Å². The number of ether oxygens (including phenoxy) is 1. The maximum Gasteiger partial charge on any atom is 0.155 e. The molecule has 0 unspecified atom stereocenters. The molecule has 1 N–H and O–H groups in total. The number of fused-ring (bicyclic) bond motifs is 1. The Kier molecular flexibility index (Phi) is 5.56. The average molecular weight is 431 g/mol. The molecule has 0 radical (unpaired) electrons. The smallest absolute Gasteiger partial charge is 0.155 e. The SMILES string of the molecule is CS(C)(CCOCCl)Cc1cc2c(I)c(F)cnc2[nH]1. The first-order chi connectivity index (χ1) is 9.43. The van der Waals surface area contributed by atoms with Crippen LogP contribution in [-0.2, 0) is 10.5 Å². The predicted octanol–water partition coefficient (Wildman–Crippen LogP) is 4.08. The van der Waals surface area contributed by atoms with E-state index in [0.717, 1.165) is 28.2 Å². The second kappa shape index (κ2) is 6.81. The van der Waals surface area contributed by atoms with E-state index >= 15 is 0 Å². The van der Waals surface area contributed by atoms with Crippen molar-refractivity contribution in [2.75, 3.05) is 30.9 Å². The molecule has 0 amide bonds. The zero-order valence-corrected chi connectivity index (χ0v) is 15.1. The van der Waals surface area contributed by atoms with Crippen molar-refractivity contribution >= 4 is 55.3 Å². The van der Waals surface area contributed by atoms with E-state index in [4.69, 9.17) is 16.3 Å². The van der Waals surface area contributed by atoms with Gasteiger partial charge in [-0.3, -0.25) is 0 Å². The van der Waals surface area contributed by atoms with Crippen molar-refractivity contribution in [3.05, 3.63) is 27.3 Å². The van der Waals surface area contributed by atoms with E-state index in [1.165, 1.54) is 6.20 Å². The number of hydrogen-bond acceptors (Lipinski definition) is 2. The fraction of sp³-hybridized carbons (Fsp3) is 0.462. The van der Waals surface area contributed by atoms with Gasteiger partial charge in [0.15, 0.2) is 5.82 Å². The molecule has 0 fully saturated rings. The number of hydrogen-bond donors (Lipinski definition) is 1. The monoisotopic (exact) mass is 430 g/mol. The zero-order chi connectivity index (χ0) is 14.8. The molecule has 0 aromatic carbocycles. The summed E-state index contributed by atoms with van der Waals surface area (Å²) >= 11 is 7.53. The van der Waals surface area contributed by atoms with Crippen LogP contribution in [0.15, 0.2) is 12.3 Å². The van der Waals surface area contributed by atoms with Crippen LogP contribution in [0.25, 0.3) is 11.0 Å². The summed E-state index contributed by atoms with van der Waals surface area (Å²) in [4.78, 5) is 7.38. The summed E-state index contributed by atoms with van der Waals surface area (Å²) in [5.41, 5.74) is 1.85. The van der Waals surface area contributed by atoms with Crippen molar-refractivity contribution in [2.24, 2.45) is 0 Å². The molecule has 0 aliphatic rings. The Morgan fingerprint density at radius 1 is 1.50 bits per heavy atom. The average Bonchev–Trinajstić information content (AvgIpc) is 2.77. The normalized spacial score (nSPS) is 13.1. The van der Waals surface area contributed by atoms with Gasteiger partial charge < -0.3 is 9.72 Å². The van der Waals surface area contributed by atoms with Gasteiger partial charge >= 0.3 is 0 Å². The highest BCUT2D eigenvalue weighted by atomic mass is 127. The third-order valence-corrected chi connectivity index (χ3v) is 6.62. The van der Waals surface area contributed by atoms with Gasteiger partial charge in [-0.25, -0.2) is 19.4 Å². The van der Waals surface area contributed by atoms with Gasteiger partial charge in [-0.2, -0.15) is 0 Å². The Labute approximate surface area is 138 Å². The lowest BCUT2D eigenvalue weighted by molar-refractivity contribution is 0.197. The van der Waals surface area contributed by atoms with Crippen molar-refractivity contribution in [1.82, 2.24) is 9.97 Å². The van der Waals surface area contributed by atoms with E-state index in [0.29, 0.717) is 10.2 Å². The molecule has 2 aromatic rings. The summed E-state index contributed by atoms with van der Waals surface area (Å²) in [5, 5.41) is 0.854. The molecule has 112 valence electrons. The van der Waals surface area contributed by atoms with Gasteiger partial charge in [0, 0.05) is 22.6 Å². The summed E-state index contributed by atoms with van der Waals surface area (Å²) in [6.45, 7) is 0.677. The van der Waals surface area contributed by atoms with E-state index in [9.17, 15) is 4.39 Å². The molecule has 2 rings (SSSR count). The number of alkyl halides is 1. The zero-order valence-electron chi connectivity index (χ0n) is 11.4. The van der Waals surface area contributed by atoms with Crippen LogP contribution in [0.5, 0.6) is 0 Å². The van der Waals surface area contributed by atoms with Crippen LogP contribution in [-0.4, -0.2) is 40.9 Å². The first kappa shape index (κ1) is 16.3. The van der Waals surface area contributed by atoms with Gasteiger partial charge in [-0.15, -0.1) is 0 Å². The van der Waals surface area contributed by atoms with Gasteiger partial charge in [0.25, 0.3) is 0 Å². The summed E-state index contributed by atoms with van der Waals surface area (Å²) < 4.78 is 19.3. The van der Waals surface area contributed by atoms with Gasteiger partial charge in [-0.05, 0) is 41.2 Å². The summed E-state index contributed by atoms with van der Waals surface area (Å²) in [5.74, 6) is 1.66. The molecule has 2 heterocycles. The molecular formula is C13H17ClFIN2OS. The topological polar surface area (TPSA) is 37.9 Å². The molecule has 0 saturated heterocycles. The minimum atomic E-state index is -0.816. The fourth-order valence-electron chi connectivity index (χ4n) is 1.98. The molecular weight excluding hydrogens is 414 g/mol. The molecule has 3 nitrogen and oxygen atoms in total. The minimum absolute atomic E-state index is 0.239. The molecule has 2 aromatic heterocycles. The Balaban J connectivity index is 2.15. The van der Waals surface area contributed by atoms with E-state index in [1.807, 2.05) is 28.7 Å². The maximum atomic E-state index is 13.5. The Morgan fingerprint density at radius 3 is 2.95 bits per heavy atom. The molecule has 0 aliphatic heterocycles. The Hall–Kier alpha value is -0.0500. The van der Waals surface area contributed by atoms with E-state index in [-0.39, 0.29) is 11.9 Å². The highest BCUT2D eigenvalue weighted by Crippen LogP contribution is 2.43. The summed E-state index contributed by atoms with van der Waals surface area (Å²) in [6.07, 6.45) is 5.78. The van der Waals surface area contributed by atoms with Crippen LogP contribution >= 0.6 is 44.2 Å². The van der Waals surface area contributed by atoms with Crippen LogP contribution in [0.2, 0.25) is 0 Å². The van der Waals surface area contributed by atoms with Crippen LogP contribution in [0.4, 0.5) is 4.39 Å². The maximum absolute atomic E-state index is 13.5. The standard InChI is InChI=1S/C13H17ClFIN2OS/c1-20(2,4-3-19-8-14)7-9-5-10-12(16)11(15)6-17-13(10)18-9/h5-6H,3-4,7-8H2,1-2H3,(H,17,18). The van der Waals surface area contributed by atoms with Gasteiger partial charge in [0.1, 0.15) is 11.7 Å². The van der Waals surface area contributed by atoms with E-state index in [1.54, 1.807) is 0 Å². The minimum Gasteiger partial charge on any atom is -0.365 e. The molecule has 20 heavy (non-hydrogen) atoms. The highest BCUT2D eigenvalue weighted by molar-refractivity contribution is 14.1. The number of pyridine rings is 1. The Morgan fingerprint density at radius 2 is 2.25 bits per heavy atom. The Bertz CT molecular complexity index is 605. The van der Waals surface area contributed by atoms with Crippen molar-refractivity contribution in [3.63, 3.8) is 0 Å². The quantitative estimate of drug-likeness (QED) is 0.426. The molecule has 0 atom stereocenters. The lowest BCUT2D eigenvalue weighted by atomic mass is 10.3. The molecule has 0 saturated carbocycles. The summed E-state index contributed by atoms with van der Waals surface area (Å²) in [6, 6.07) is 2.24. The number of rotatable bonds is 6. The molecule has 0 aliphatic carbocycles. The van der Waals surface area contributed by atoms with Crippen molar-refractivity contribution in [2.45, 2.75) is 5.75 Å². The second-order valence-electron chi connectivity index (χ2n) is 5.11. The number of aromatic nitrogens is 2. The predicted molar refractivity (Wildman–Crippen MR) is 93.5 cm³/mol. The lowest BCUT2D eigenvalue weighted by Gasteiger charge is -2.30. The molecule has 7 heteroatoms. The van der Waals surface area contributed by atoms with Crippen LogP contribution in [0, 0.1) is 9.39 Å². The summed E-state index contributed by atoms with van der Waals surface area (Å²) in [7, 11) is -0.816. The van der Waals surface area contributed by atoms with Gasteiger partial charge in [0.05, 0.1) is 16.4 Å². The first-order valence-corrected chi connectivity index (χ1v) is 10.5. The fourth-order valence-corrected chi connectivity index (χ4v) is 4.35. The van der Waals surface area contributed by atoms with Crippen LogP contribution in [0.1, 0.15) is 5.69 Å². The van der Waals surface area contributed by atoms with Crippen LogP contribution in [0.3, 0.4) is 0 Å². The van der Waals surface area contributed by atoms with Crippen molar-refractivity contribution in [3.8, 4) is 0 Å². The largest absolute Gasteiger partial charge is 0.365 e. The third kappa shape index (κ3) is 3.99.